The Bertz CT molecular complexity index is 239. The molecule has 0 radical (unpaired) electrons. The van der Waals surface area contributed by atoms with Gasteiger partial charge in [0.05, 0.1) is 4.47 Å². The van der Waals surface area contributed by atoms with Gasteiger partial charge in [0.25, 0.3) is 0 Å². The van der Waals surface area contributed by atoms with Crippen molar-refractivity contribution in [3.63, 3.8) is 0 Å². The third-order valence-corrected chi connectivity index (χ3v) is 2.33. The van der Waals surface area contributed by atoms with Crippen LogP contribution in [0.2, 0.25) is 0 Å². The van der Waals surface area contributed by atoms with Crippen LogP contribution < -0.4 is 0 Å². The minimum absolute atomic E-state index is 0.327. The molecule has 0 bridgehead atoms. The lowest BCUT2D eigenvalue weighted by Crippen LogP contribution is -1.79. The van der Waals surface area contributed by atoms with Crippen LogP contribution in [0.15, 0.2) is 26.0 Å². The molecule has 0 amide bonds. The molecule has 1 aromatic rings. The largest absolute Gasteiger partial charge is 0.205 e. The second kappa shape index (κ2) is 3.24. The highest BCUT2D eigenvalue weighted by molar-refractivity contribution is 9.11. The zero-order valence-corrected chi connectivity index (χ0v) is 8.80. The van der Waals surface area contributed by atoms with Crippen molar-refractivity contribution in [3.05, 3.63) is 26.9 Å². The third-order valence-electron chi connectivity index (χ3n) is 0.974. The molecule has 0 saturated carbocycles. The van der Waals surface area contributed by atoms with Crippen LogP contribution in [-0.4, -0.2) is 0 Å². The van der Waals surface area contributed by atoms with Gasteiger partial charge in [0.2, 0.25) is 0 Å². The highest BCUT2D eigenvalue weighted by Gasteiger charge is 2.03. The minimum Gasteiger partial charge on any atom is -0.205 e. The standard InChI is InChI=1S/C6H3Br2FS/c7-3-1-4(8)6(9)5(10)2-3/h1-2,10H. The van der Waals surface area contributed by atoms with Crippen molar-refractivity contribution in [2.75, 3.05) is 0 Å². The highest BCUT2D eigenvalue weighted by Crippen LogP contribution is 2.26. The Hall–Kier alpha value is 0.460. The molecule has 0 heterocycles. The Morgan fingerprint density at radius 3 is 2.40 bits per heavy atom. The summed E-state index contributed by atoms with van der Waals surface area (Å²) in [6.45, 7) is 0. The fourth-order valence-corrected chi connectivity index (χ4v) is 2.36. The predicted molar refractivity (Wildman–Crippen MR) is 49.1 cm³/mol. The average Bonchev–Trinajstić information content (AvgIpc) is 1.82. The minimum atomic E-state index is -0.327. The van der Waals surface area contributed by atoms with Crippen molar-refractivity contribution in [1.82, 2.24) is 0 Å². The Morgan fingerprint density at radius 1 is 1.30 bits per heavy atom. The van der Waals surface area contributed by atoms with Gasteiger partial charge in [-0.15, -0.1) is 12.6 Å². The second-order valence-corrected chi connectivity index (χ2v) is 3.97. The molecule has 0 spiro atoms. The summed E-state index contributed by atoms with van der Waals surface area (Å²) in [7, 11) is 0. The van der Waals surface area contributed by atoms with E-state index < -0.39 is 0 Å². The molecule has 1 rings (SSSR count). The van der Waals surface area contributed by atoms with E-state index in [1.807, 2.05) is 0 Å². The van der Waals surface area contributed by atoms with E-state index in [9.17, 15) is 4.39 Å². The first kappa shape index (κ1) is 8.56. The average molecular weight is 286 g/mol. The van der Waals surface area contributed by atoms with Crippen LogP contribution in [0.1, 0.15) is 0 Å². The molecule has 0 saturated heterocycles. The molecule has 0 aromatic heterocycles. The van der Waals surface area contributed by atoms with Crippen molar-refractivity contribution < 1.29 is 4.39 Å². The maximum atomic E-state index is 12.8. The molecule has 0 aliphatic rings. The predicted octanol–water partition coefficient (Wildman–Crippen LogP) is 3.64. The molecule has 10 heavy (non-hydrogen) atoms. The van der Waals surface area contributed by atoms with Gasteiger partial charge in [-0.1, -0.05) is 15.9 Å². The third kappa shape index (κ3) is 1.74. The molecule has 4 heteroatoms. The number of rotatable bonds is 0. The Balaban J connectivity index is 3.31. The van der Waals surface area contributed by atoms with Gasteiger partial charge in [-0.25, -0.2) is 4.39 Å². The van der Waals surface area contributed by atoms with Gasteiger partial charge in [0.1, 0.15) is 0 Å². The van der Waals surface area contributed by atoms with Crippen LogP contribution in [0, 0.1) is 5.82 Å². The van der Waals surface area contributed by atoms with E-state index in [1.54, 1.807) is 12.1 Å². The van der Waals surface area contributed by atoms with E-state index in [0.29, 0.717) is 9.37 Å². The van der Waals surface area contributed by atoms with Crippen LogP contribution in [0.4, 0.5) is 4.39 Å². The van der Waals surface area contributed by atoms with Crippen LogP contribution in [-0.2, 0) is 0 Å². The van der Waals surface area contributed by atoms with Gasteiger partial charge in [-0.2, -0.15) is 0 Å². The maximum absolute atomic E-state index is 12.8. The number of hydrogen-bond donors (Lipinski definition) is 1. The normalized spacial score (nSPS) is 10.0. The van der Waals surface area contributed by atoms with Gasteiger partial charge in [0, 0.05) is 9.37 Å². The zero-order chi connectivity index (χ0) is 7.72. The van der Waals surface area contributed by atoms with Crippen molar-refractivity contribution in [2.24, 2.45) is 0 Å². The van der Waals surface area contributed by atoms with Gasteiger partial charge in [-0.05, 0) is 28.1 Å². The van der Waals surface area contributed by atoms with Gasteiger partial charge in [-0.3, -0.25) is 0 Å². The van der Waals surface area contributed by atoms with Crippen molar-refractivity contribution >= 4 is 44.5 Å². The lowest BCUT2D eigenvalue weighted by molar-refractivity contribution is 0.595. The quantitative estimate of drug-likeness (QED) is 0.546. The first-order valence-electron chi connectivity index (χ1n) is 2.45. The topological polar surface area (TPSA) is 0 Å². The van der Waals surface area contributed by atoms with Crippen molar-refractivity contribution in [1.29, 1.82) is 0 Å². The first-order valence-corrected chi connectivity index (χ1v) is 4.48. The summed E-state index contributed by atoms with van der Waals surface area (Å²) < 4.78 is 14.0. The zero-order valence-electron chi connectivity index (χ0n) is 4.74. The lowest BCUT2D eigenvalue weighted by atomic mass is 10.3. The van der Waals surface area contributed by atoms with Crippen LogP contribution >= 0.6 is 44.5 Å². The van der Waals surface area contributed by atoms with E-state index in [2.05, 4.69) is 44.5 Å². The highest BCUT2D eigenvalue weighted by atomic mass is 79.9. The summed E-state index contributed by atoms with van der Waals surface area (Å²) >= 11 is 10.1. The maximum Gasteiger partial charge on any atom is 0.150 e. The van der Waals surface area contributed by atoms with E-state index in [4.69, 9.17) is 0 Å². The summed E-state index contributed by atoms with van der Waals surface area (Å²) in [5, 5.41) is 0. The van der Waals surface area contributed by atoms with Gasteiger partial charge in [0.15, 0.2) is 5.82 Å². The summed E-state index contributed by atoms with van der Waals surface area (Å²) in [6, 6.07) is 3.23. The molecule has 0 nitrogen and oxygen atoms in total. The lowest BCUT2D eigenvalue weighted by Gasteiger charge is -1.97. The molecule has 54 valence electrons. The molecule has 1 aromatic carbocycles. The molecular formula is C6H3Br2FS. The van der Waals surface area contributed by atoms with Gasteiger partial charge >= 0.3 is 0 Å². The van der Waals surface area contributed by atoms with Crippen LogP contribution in [0.25, 0.3) is 0 Å². The van der Waals surface area contributed by atoms with Crippen LogP contribution in [0.3, 0.4) is 0 Å². The molecule has 0 atom stereocenters. The smallest absolute Gasteiger partial charge is 0.150 e. The van der Waals surface area contributed by atoms with E-state index >= 15 is 0 Å². The molecular weight excluding hydrogens is 283 g/mol. The SMILES string of the molecule is Fc1c(S)cc(Br)cc1Br. The van der Waals surface area contributed by atoms with Crippen LogP contribution in [0.5, 0.6) is 0 Å². The molecule has 0 aliphatic heterocycles. The Morgan fingerprint density at radius 2 is 1.90 bits per heavy atom. The van der Waals surface area contributed by atoms with Crippen molar-refractivity contribution in [2.45, 2.75) is 4.90 Å². The number of thiol groups is 1. The Labute approximate surface area is 80.5 Å². The Kier molecular flexibility index (Phi) is 2.77. The van der Waals surface area contributed by atoms with Crippen molar-refractivity contribution in [3.8, 4) is 0 Å². The summed E-state index contributed by atoms with van der Waals surface area (Å²) in [5.41, 5.74) is 0. The second-order valence-electron chi connectivity index (χ2n) is 1.72. The van der Waals surface area contributed by atoms with E-state index in [-0.39, 0.29) is 5.82 Å². The number of hydrogen-bond acceptors (Lipinski definition) is 1. The fraction of sp³-hybridized carbons (Fsp3) is 0. The number of benzene rings is 1. The summed E-state index contributed by atoms with van der Waals surface area (Å²) in [5.74, 6) is -0.327. The van der Waals surface area contributed by atoms with E-state index in [1.165, 1.54) is 0 Å². The molecule has 0 N–H and O–H groups in total. The molecule has 0 unspecified atom stereocenters. The molecule has 0 fully saturated rings. The first-order chi connectivity index (χ1) is 4.61. The summed E-state index contributed by atoms with van der Waals surface area (Å²) in [6.07, 6.45) is 0. The summed E-state index contributed by atoms with van der Waals surface area (Å²) in [4.78, 5) is 0.334. The molecule has 0 aliphatic carbocycles. The fourth-order valence-electron chi connectivity index (χ4n) is 0.542. The van der Waals surface area contributed by atoms with E-state index in [0.717, 1.165) is 4.47 Å². The number of halogens is 3. The van der Waals surface area contributed by atoms with Gasteiger partial charge < -0.3 is 0 Å². The monoisotopic (exact) mass is 284 g/mol.